The average molecular weight is 265 g/mol. The molecule has 0 N–H and O–H groups in total. The van der Waals surface area contributed by atoms with Gasteiger partial charge in [0.2, 0.25) is 9.05 Å². The van der Waals surface area contributed by atoms with Gasteiger partial charge in [-0.1, -0.05) is 6.07 Å². The van der Waals surface area contributed by atoms with Crippen LogP contribution in [0.25, 0.3) is 0 Å². The Morgan fingerprint density at radius 1 is 1.50 bits per heavy atom. The molecule has 1 heterocycles. The van der Waals surface area contributed by atoms with Crippen LogP contribution in [0.2, 0.25) is 0 Å². The number of rotatable bonds is 2. The van der Waals surface area contributed by atoms with Crippen molar-refractivity contribution in [2.45, 2.75) is 12.3 Å². The van der Waals surface area contributed by atoms with Gasteiger partial charge in [-0.15, -0.1) is 0 Å². The van der Waals surface area contributed by atoms with E-state index in [2.05, 4.69) is 0 Å². The molecule has 3 nitrogen and oxygen atoms in total. The highest BCUT2D eigenvalue weighted by atomic mass is 35.7. The Kier molecular flexibility index (Phi) is 3.08. The lowest BCUT2D eigenvalue weighted by Crippen LogP contribution is -2.19. The summed E-state index contributed by atoms with van der Waals surface area (Å²) in [5, 5.41) is 0. The first-order chi connectivity index (χ1) is 7.46. The second kappa shape index (κ2) is 4.22. The summed E-state index contributed by atoms with van der Waals surface area (Å²) in [7, 11) is 1.67. The first-order valence-electron chi connectivity index (χ1n) is 4.80. The van der Waals surface area contributed by atoms with Crippen LogP contribution in [0.3, 0.4) is 0 Å². The van der Waals surface area contributed by atoms with Crippen LogP contribution in [-0.2, 0) is 9.05 Å². The Labute approximate surface area is 97.6 Å². The predicted octanol–water partition coefficient (Wildman–Crippen LogP) is 2.26. The minimum absolute atomic E-state index is 0.142. The van der Waals surface area contributed by atoms with Crippen molar-refractivity contribution in [2.24, 2.45) is 0 Å². The van der Waals surface area contributed by atoms with Crippen LogP contribution in [0.4, 0.5) is 4.39 Å². The van der Waals surface area contributed by atoms with Gasteiger partial charge in [0, 0.05) is 22.7 Å². The van der Waals surface area contributed by atoms with E-state index in [1.54, 1.807) is 6.07 Å². The summed E-state index contributed by atoms with van der Waals surface area (Å²) in [5.74, 6) is -0.340. The molecule has 1 atom stereocenters. The van der Waals surface area contributed by atoms with Crippen LogP contribution >= 0.6 is 10.7 Å². The van der Waals surface area contributed by atoms with E-state index in [1.165, 1.54) is 12.1 Å². The molecule has 88 valence electrons. The van der Waals surface area contributed by atoms with Crippen molar-refractivity contribution in [3.63, 3.8) is 0 Å². The minimum atomic E-state index is -3.55. The highest BCUT2D eigenvalue weighted by Crippen LogP contribution is 2.35. The molecule has 0 amide bonds. The van der Waals surface area contributed by atoms with Crippen molar-refractivity contribution < 1.29 is 17.5 Å². The smallest absolute Gasteiger partial charge is 0.233 e. The fraction of sp³-hybridized carbons (Fsp3) is 0.400. The first-order valence-corrected chi connectivity index (χ1v) is 7.28. The van der Waals surface area contributed by atoms with Crippen molar-refractivity contribution >= 4 is 19.7 Å². The molecule has 0 saturated carbocycles. The van der Waals surface area contributed by atoms with Gasteiger partial charge in [0.05, 0.1) is 12.4 Å². The lowest BCUT2D eigenvalue weighted by Gasteiger charge is -2.24. The quantitative estimate of drug-likeness (QED) is 0.770. The van der Waals surface area contributed by atoms with E-state index in [-0.39, 0.29) is 11.7 Å². The van der Waals surface area contributed by atoms with Crippen LogP contribution in [0, 0.1) is 5.82 Å². The van der Waals surface area contributed by atoms with E-state index in [1.807, 2.05) is 0 Å². The molecule has 0 radical (unpaired) electrons. The van der Waals surface area contributed by atoms with Gasteiger partial charge in [-0.05, 0) is 18.1 Å². The molecule has 1 aromatic rings. The summed E-state index contributed by atoms with van der Waals surface area (Å²) < 4.78 is 40.3. The number of ether oxygens (including phenoxy) is 1. The summed E-state index contributed by atoms with van der Waals surface area (Å²) in [6.07, 6.45) is 0.574. The molecule has 1 unspecified atom stereocenters. The average Bonchev–Trinajstić information content (AvgIpc) is 2.15. The minimum Gasteiger partial charge on any atom is -0.493 e. The van der Waals surface area contributed by atoms with Gasteiger partial charge in [-0.25, -0.2) is 12.8 Å². The molecule has 16 heavy (non-hydrogen) atoms. The Morgan fingerprint density at radius 3 is 2.94 bits per heavy atom. The fourth-order valence-electron chi connectivity index (χ4n) is 1.85. The Morgan fingerprint density at radius 2 is 2.25 bits per heavy atom. The number of hydrogen-bond donors (Lipinski definition) is 0. The molecule has 0 saturated heterocycles. The van der Waals surface area contributed by atoms with Crippen molar-refractivity contribution in [3.8, 4) is 5.75 Å². The highest BCUT2D eigenvalue weighted by molar-refractivity contribution is 8.13. The molecule has 0 aliphatic carbocycles. The van der Waals surface area contributed by atoms with Gasteiger partial charge in [0.1, 0.15) is 11.6 Å². The van der Waals surface area contributed by atoms with Gasteiger partial charge in [0.15, 0.2) is 0 Å². The number of benzene rings is 1. The van der Waals surface area contributed by atoms with Crippen molar-refractivity contribution in [3.05, 3.63) is 29.6 Å². The molecule has 1 aliphatic heterocycles. The van der Waals surface area contributed by atoms with Crippen molar-refractivity contribution in [1.29, 1.82) is 0 Å². The van der Waals surface area contributed by atoms with Crippen LogP contribution in [0.5, 0.6) is 5.75 Å². The maximum absolute atomic E-state index is 12.9. The molecular weight excluding hydrogens is 255 g/mol. The van der Waals surface area contributed by atoms with Gasteiger partial charge in [0.25, 0.3) is 0 Å². The van der Waals surface area contributed by atoms with E-state index in [4.69, 9.17) is 15.4 Å². The maximum Gasteiger partial charge on any atom is 0.233 e. The predicted molar refractivity (Wildman–Crippen MR) is 58.9 cm³/mol. The molecule has 0 bridgehead atoms. The number of halogens is 2. The zero-order chi connectivity index (χ0) is 11.8. The molecule has 1 aromatic carbocycles. The normalized spacial score (nSPS) is 20.0. The Bertz CT molecular complexity index is 501. The zero-order valence-electron chi connectivity index (χ0n) is 8.32. The Hall–Kier alpha value is -0.810. The van der Waals surface area contributed by atoms with Crippen LogP contribution in [0.1, 0.15) is 17.9 Å². The second-order valence-corrected chi connectivity index (χ2v) is 6.54. The van der Waals surface area contributed by atoms with Crippen LogP contribution in [-0.4, -0.2) is 20.8 Å². The second-order valence-electron chi connectivity index (χ2n) is 3.72. The third-order valence-electron chi connectivity index (χ3n) is 2.54. The molecule has 0 aromatic heterocycles. The third kappa shape index (κ3) is 2.65. The molecule has 1 aliphatic rings. The van der Waals surface area contributed by atoms with Gasteiger partial charge in [-0.2, -0.15) is 0 Å². The summed E-state index contributed by atoms with van der Waals surface area (Å²) in [6.45, 7) is 0.382. The lowest BCUT2D eigenvalue weighted by atomic mass is 9.95. The SMILES string of the molecule is O=S(=O)(Cl)CC1CCOc2cc(F)ccc21. The number of fused-ring (bicyclic) bond motifs is 1. The van der Waals surface area contributed by atoms with E-state index in [0.717, 1.165) is 0 Å². The monoisotopic (exact) mass is 264 g/mol. The largest absolute Gasteiger partial charge is 0.493 e. The molecule has 2 rings (SSSR count). The van der Waals surface area contributed by atoms with Crippen LogP contribution in [0.15, 0.2) is 18.2 Å². The summed E-state index contributed by atoms with van der Waals surface area (Å²) in [5.41, 5.74) is 0.705. The van der Waals surface area contributed by atoms with Gasteiger partial charge >= 0.3 is 0 Å². The standard InChI is InChI=1S/C10H10ClFO3S/c11-16(13,14)6-7-3-4-15-10-5-8(12)1-2-9(7)10/h1-2,5,7H,3-4,6H2. The van der Waals surface area contributed by atoms with E-state index in [0.29, 0.717) is 24.3 Å². The molecule has 0 fully saturated rings. The molecular formula is C10H10ClFO3S. The molecule has 0 spiro atoms. The fourth-order valence-corrected chi connectivity index (χ4v) is 3.13. The lowest BCUT2D eigenvalue weighted by molar-refractivity contribution is 0.271. The highest BCUT2D eigenvalue weighted by Gasteiger charge is 2.25. The van der Waals surface area contributed by atoms with Crippen molar-refractivity contribution in [1.82, 2.24) is 0 Å². The first kappa shape index (κ1) is 11.7. The topological polar surface area (TPSA) is 43.4 Å². The van der Waals surface area contributed by atoms with E-state index >= 15 is 0 Å². The summed E-state index contributed by atoms with van der Waals surface area (Å²) in [6, 6.07) is 4.11. The van der Waals surface area contributed by atoms with Gasteiger partial charge in [-0.3, -0.25) is 0 Å². The summed E-state index contributed by atoms with van der Waals surface area (Å²) >= 11 is 0. The van der Waals surface area contributed by atoms with Gasteiger partial charge < -0.3 is 4.74 Å². The van der Waals surface area contributed by atoms with E-state index < -0.39 is 14.9 Å². The molecule has 6 heteroatoms. The van der Waals surface area contributed by atoms with Crippen LogP contribution < -0.4 is 4.74 Å². The zero-order valence-corrected chi connectivity index (χ0v) is 9.89. The summed E-state index contributed by atoms with van der Waals surface area (Å²) in [4.78, 5) is 0. The third-order valence-corrected chi connectivity index (χ3v) is 3.72. The van der Waals surface area contributed by atoms with E-state index in [9.17, 15) is 12.8 Å². The van der Waals surface area contributed by atoms with Crippen molar-refractivity contribution in [2.75, 3.05) is 12.4 Å². The number of hydrogen-bond acceptors (Lipinski definition) is 3. The Balaban J connectivity index is 2.33. The maximum atomic E-state index is 12.9.